The molecule has 3 atom stereocenters. The van der Waals surface area contributed by atoms with Crippen LogP contribution in [-0.4, -0.2) is 46.3 Å². The van der Waals surface area contributed by atoms with E-state index >= 15 is 0 Å². The Bertz CT molecular complexity index is 377. The SMILES string of the molecule is CNCCC(O)C(O)c1cnn([C@@H]2CCCCO2)c1. The van der Waals surface area contributed by atoms with Crippen molar-refractivity contribution >= 4 is 0 Å². The molecule has 0 radical (unpaired) electrons. The molecule has 19 heavy (non-hydrogen) atoms. The van der Waals surface area contributed by atoms with Crippen LogP contribution >= 0.6 is 0 Å². The zero-order valence-electron chi connectivity index (χ0n) is 11.3. The standard InChI is InChI=1S/C13H23N3O3/c1-14-6-5-11(17)13(18)10-8-15-16(9-10)12-4-2-3-7-19-12/h8-9,11-14,17-18H,2-7H2,1H3/t11?,12-,13?/m0/s1. The van der Waals surface area contributed by atoms with E-state index in [1.54, 1.807) is 17.1 Å². The fraction of sp³-hybridized carbons (Fsp3) is 0.769. The first-order chi connectivity index (χ1) is 9.22. The lowest BCUT2D eigenvalue weighted by atomic mass is 10.1. The molecule has 3 N–H and O–H groups in total. The van der Waals surface area contributed by atoms with Crippen molar-refractivity contribution in [1.82, 2.24) is 15.1 Å². The maximum atomic E-state index is 10.1. The molecule has 1 aromatic rings. The number of nitrogens with one attached hydrogen (secondary N) is 1. The van der Waals surface area contributed by atoms with Crippen LogP contribution in [0.3, 0.4) is 0 Å². The molecule has 0 bridgehead atoms. The maximum absolute atomic E-state index is 10.1. The lowest BCUT2D eigenvalue weighted by molar-refractivity contribution is -0.0398. The summed E-state index contributed by atoms with van der Waals surface area (Å²) < 4.78 is 7.37. The minimum Gasteiger partial charge on any atom is -0.390 e. The summed E-state index contributed by atoms with van der Waals surface area (Å²) in [6.45, 7) is 1.42. The highest BCUT2D eigenvalue weighted by Gasteiger charge is 2.22. The molecule has 2 unspecified atom stereocenters. The molecule has 6 heteroatoms. The van der Waals surface area contributed by atoms with Crippen molar-refractivity contribution < 1.29 is 14.9 Å². The molecule has 1 aliphatic heterocycles. The van der Waals surface area contributed by atoms with Crippen LogP contribution in [0.5, 0.6) is 0 Å². The molecule has 6 nitrogen and oxygen atoms in total. The van der Waals surface area contributed by atoms with Gasteiger partial charge >= 0.3 is 0 Å². The maximum Gasteiger partial charge on any atom is 0.150 e. The van der Waals surface area contributed by atoms with Gasteiger partial charge in [-0.05, 0) is 39.3 Å². The third-order valence-electron chi connectivity index (χ3n) is 3.47. The minimum absolute atomic E-state index is 0.0378. The molecule has 108 valence electrons. The van der Waals surface area contributed by atoms with Gasteiger partial charge < -0.3 is 20.3 Å². The number of aliphatic hydroxyl groups is 2. The molecule has 2 heterocycles. The highest BCUT2D eigenvalue weighted by atomic mass is 16.5. The fourth-order valence-electron chi connectivity index (χ4n) is 2.27. The van der Waals surface area contributed by atoms with Gasteiger partial charge in [-0.1, -0.05) is 0 Å². The van der Waals surface area contributed by atoms with Crippen molar-refractivity contribution in [2.75, 3.05) is 20.2 Å². The minimum atomic E-state index is -0.898. The second-order valence-corrected chi connectivity index (χ2v) is 4.98. The van der Waals surface area contributed by atoms with Crippen LogP contribution in [0.2, 0.25) is 0 Å². The average molecular weight is 269 g/mol. The third-order valence-corrected chi connectivity index (χ3v) is 3.47. The summed E-state index contributed by atoms with van der Waals surface area (Å²) in [6.07, 6.45) is 5.33. The zero-order chi connectivity index (χ0) is 13.7. The molecule has 2 rings (SSSR count). The van der Waals surface area contributed by atoms with Crippen LogP contribution < -0.4 is 5.32 Å². The van der Waals surface area contributed by atoms with E-state index in [0.29, 0.717) is 18.5 Å². The fourth-order valence-corrected chi connectivity index (χ4v) is 2.27. The Morgan fingerprint density at radius 1 is 1.53 bits per heavy atom. The van der Waals surface area contributed by atoms with Crippen molar-refractivity contribution in [3.63, 3.8) is 0 Å². The zero-order valence-corrected chi connectivity index (χ0v) is 11.3. The van der Waals surface area contributed by atoms with E-state index in [1.165, 1.54) is 0 Å². The van der Waals surface area contributed by atoms with Gasteiger partial charge in [0.2, 0.25) is 0 Å². The van der Waals surface area contributed by atoms with Gasteiger partial charge in [-0.2, -0.15) is 5.10 Å². The Morgan fingerprint density at radius 2 is 2.37 bits per heavy atom. The predicted octanol–water partition coefficient (Wildman–Crippen LogP) is 0.586. The monoisotopic (exact) mass is 269 g/mol. The number of aromatic nitrogens is 2. The highest BCUT2D eigenvalue weighted by Crippen LogP contribution is 2.24. The Balaban J connectivity index is 1.95. The van der Waals surface area contributed by atoms with E-state index < -0.39 is 12.2 Å². The average Bonchev–Trinajstić information content (AvgIpc) is 2.94. The number of rotatable bonds is 6. The molecule has 0 saturated carbocycles. The Kier molecular flexibility index (Phi) is 5.33. The van der Waals surface area contributed by atoms with Gasteiger partial charge in [0.1, 0.15) is 12.3 Å². The quantitative estimate of drug-likeness (QED) is 0.704. The molecule has 0 aliphatic carbocycles. The molecular formula is C13H23N3O3. The van der Waals surface area contributed by atoms with Crippen molar-refractivity contribution in [3.8, 4) is 0 Å². The summed E-state index contributed by atoms with van der Waals surface area (Å²) in [4.78, 5) is 0. The molecule has 0 aromatic carbocycles. The van der Waals surface area contributed by atoms with Crippen LogP contribution in [0.25, 0.3) is 0 Å². The summed E-state index contributed by atoms with van der Waals surface area (Å²) in [5.41, 5.74) is 0.637. The van der Waals surface area contributed by atoms with Gasteiger partial charge in [0.15, 0.2) is 0 Å². The largest absolute Gasteiger partial charge is 0.390 e. The molecule has 1 saturated heterocycles. The molecule has 1 fully saturated rings. The van der Waals surface area contributed by atoms with Crippen LogP contribution in [0.15, 0.2) is 12.4 Å². The number of hydrogen-bond acceptors (Lipinski definition) is 5. The molecule has 1 aliphatic rings. The van der Waals surface area contributed by atoms with Crippen molar-refractivity contribution in [3.05, 3.63) is 18.0 Å². The second kappa shape index (κ2) is 7.00. The highest BCUT2D eigenvalue weighted by molar-refractivity contribution is 5.10. The number of aliphatic hydroxyl groups excluding tert-OH is 2. The topological polar surface area (TPSA) is 79.5 Å². The molecule has 0 spiro atoms. The van der Waals surface area contributed by atoms with Crippen molar-refractivity contribution in [2.24, 2.45) is 0 Å². The Hall–Kier alpha value is -0.950. The van der Waals surface area contributed by atoms with Crippen molar-refractivity contribution in [1.29, 1.82) is 0 Å². The van der Waals surface area contributed by atoms with Crippen molar-refractivity contribution in [2.45, 2.75) is 44.1 Å². The normalized spacial score (nSPS) is 23.2. The summed E-state index contributed by atoms with van der Waals surface area (Å²) >= 11 is 0. The predicted molar refractivity (Wildman–Crippen MR) is 70.6 cm³/mol. The summed E-state index contributed by atoms with van der Waals surface area (Å²) in [6, 6.07) is 0. The molecular weight excluding hydrogens is 246 g/mol. The number of ether oxygens (including phenoxy) is 1. The lowest BCUT2D eigenvalue weighted by Crippen LogP contribution is -2.23. The first-order valence-corrected chi connectivity index (χ1v) is 6.88. The van der Waals surface area contributed by atoms with Gasteiger partial charge in [-0.15, -0.1) is 0 Å². The van der Waals surface area contributed by atoms with Crippen LogP contribution in [0.4, 0.5) is 0 Å². The summed E-state index contributed by atoms with van der Waals surface area (Å²) in [5.74, 6) is 0. The smallest absolute Gasteiger partial charge is 0.150 e. The lowest BCUT2D eigenvalue weighted by Gasteiger charge is -2.22. The second-order valence-electron chi connectivity index (χ2n) is 4.98. The summed E-state index contributed by atoms with van der Waals surface area (Å²) in [7, 11) is 1.82. The van der Waals surface area contributed by atoms with E-state index in [2.05, 4.69) is 10.4 Å². The number of hydrogen-bond donors (Lipinski definition) is 3. The van der Waals surface area contributed by atoms with E-state index in [4.69, 9.17) is 4.74 Å². The first kappa shape index (κ1) is 14.5. The summed E-state index contributed by atoms with van der Waals surface area (Å²) in [5, 5.41) is 27.1. The molecule has 0 amide bonds. The van der Waals surface area contributed by atoms with Gasteiger partial charge in [-0.3, -0.25) is 0 Å². The van der Waals surface area contributed by atoms with Gasteiger partial charge in [-0.25, -0.2) is 4.68 Å². The Labute approximate surface area is 113 Å². The van der Waals surface area contributed by atoms with Crippen LogP contribution in [0.1, 0.15) is 43.6 Å². The Morgan fingerprint density at radius 3 is 3.05 bits per heavy atom. The van der Waals surface area contributed by atoms with E-state index in [9.17, 15) is 10.2 Å². The van der Waals surface area contributed by atoms with Crippen LogP contribution in [0, 0.1) is 0 Å². The third kappa shape index (κ3) is 3.76. The van der Waals surface area contributed by atoms with E-state index in [0.717, 1.165) is 25.9 Å². The van der Waals surface area contributed by atoms with Crippen LogP contribution in [-0.2, 0) is 4.74 Å². The van der Waals surface area contributed by atoms with Gasteiger partial charge in [0.25, 0.3) is 0 Å². The van der Waals surface area contributed by atoms with E-state index in [-0.39, 0.29) is 6.23 Å². The number of nitrogens with zero attached hydrogens (tertiary/aromatic N) is 2. The first-order valence-electron chi connectivity index (χ1n) is 6.88. The molecule has 1 aromatic heterocycles. The van der Waals surface area contributed by atoms with E-state index in [1.807, 2.05) is 7.05 Å². The van der Waals surface area contributed by atoms with Gasteiger partial charge in [0, 0.05) is 18.4 Å². The van der Waals surface area contributed by atoms with Gasteiger partial charge in [0.05, 0.1) is 12.3 Å².